The summed E-state index contributed by atoms with van der Waals surface area (Å²) >= 11 is 3.31. The summed E-state index contributed by atoms with van der Waals surface area (Å²) in [4.78, 5) is 24.5. The molecular formula is C36H34BrN9O6S3. The zero-order valence-electron chi connectivity index (χ0n) is 28.9. The van der Waals surface area contributed by atoms with Crippen molar-refractivity contribution in [2.45, 2.75) is 33.9 Å². The third-order valence-electron chi connectivity index (χ3n) is 8.38. The van der Waals surface area contributed by atoms with E-state index in [1.807, 2.05) is 18.2 Å². The molecule has 4 N–H and O–H groups in total. The third kappa shape index (κ3) is 10.2. The Morgan fingerprint density at radius 2 is 0.909 bits per heavy atom. The third-order valence-corrected chi connectivity index (χ3v) is 14.3. The second kappa shape index (κ2) is 17.0. The van der Waals surface area contributed by atoms with Gasteiger partial charge in [0, 0.05) is 34.4 Å². The molecule has 3 aromatic heterocycles. The molecule has 6 heterocycles. The Bertz CT molecular complexity index is 2500. The van der Waals surface area contributed by atoms with Crippen LogP contribution in [0.25, 0.3) is 0 Å². The minimum absolute atomic E-state index is 0.208. The molecule has 284 valence electrons. The van der Waals surface area contributed by atoms with Crippen LogP contribution >= 0.6 is 15.9 Å². The van der Waals surface area contributed by atoms with Crippen LogP contribution in [0.1, 0.15) is 16.7 Å². The predicted octanol–water partition coefficient (Wildman–Crippen LogP) is 4.94. The summed E-state index contributed by atoms with van der Waals surface area (Å²) in [5, 5.41) is 6.23. The second-order valence-corrected chi connectivity index (χ2v) is 19.3. The number of halogens is 1. The number of benzene rings is 3. The molecule has 0 amide bonds. The highest BCUT2D eigenvalue weighted by Crippen LogP contribution is 2.31. The second-order valence-electron chi connectivity index (χ2n) is 12.2. The number of nitrogens with zero attached hydrogens (tertiary/aromatic N) is 6. The fraction of sp³-hybridized carbons (Fsp3) is 0.167. The van der Waals surface area contributed by atoms with Gasteiger partial charge in [-0.25, -0.2) is 55.2 Å². The first-order valence-electron chi connectivity index (χ1n) is 16.6. The van der Waals surface area contributed by atoms with E-state index in [1.165, 1.54) is 19.0 Å². The summed E-state index contributed by atoms with van der Waals surface area (Å²) in [5.74, 6) is 2.56. The van der Waals surface area contributed by atoms with Gasteiger partial charge in [0.1, 0.15) is 36.4 Å². The highest BCUT2D eigenvalue weighted by Gasteiger charge is 2.27. The zero-order valence-corrected chi connectivity index (χ0v) is 33.0. The Morgan fingerprint density at radius 1 is 0.509 bits per heavy atom. The van der Waals surface area contributed by atoms with E-state index in [1.54, 1.807) is 73.2 Å². The van der Waals surface area contributed by atoms with Gasteiger partial charge >= 0.3 is 0 Å². The summed E-state index contributed by atoms with van der Waals surface area (Å²) in [6.45, 7) is 0. The lowest BCUT2D eigenvalue weighted by Crippen LogP contribution is -1.98. The Morgan fingerprint density at radius 3 is 1.27 bits per heavy atom. The Balaban J connectivity index is 0.000000131. The van der Waals surface area contributed by atoms with E-state index in [9.17, 15) is 25.3 Å². The van der Waals surface area contributed by atoms with Crippen molar-refractivity contribution in [3.8, 4) is 0 Å². The lowest BCUT2D eigenvalue weighted by Gasteiger charge is -2.06. The van der Waals surface area contributed by atoms with Gasteiger partial charge in [0.15, 0.2) is 29.5 Å². The maximum atomic E-state index is 11.7. The molecule has 0 aliphatic carbocycles. The smallest absolute Gasteiger partial charge is 0.178 e. The summed E-state index contributed by atoms with van der Waals surface area (Å²) in [5.41, 5.74) is 9.56. The number of fused-ring (bicyclic) bond motifs is 3. The lowest BCUT2D eigenvalue weighted by molar-refractivity contribution is 0.598. The van der Waals surface area contributed by atoms with Crippen LogP contribution in [0.3, 0.4) is 0 Å². The standard InChI is InChI=1S/2C12H11N3O2S.C8H7BrO2S.C4H5N3/c2*16-18(17)6-4-9-7-10(1-2-11(9)18)15-12-3-5-13-8-14-12;9-7-1-2-8-6(5-7)3-4-12(8,10)11;5-4-1-2-6-3-7-4/h2*1-3,5,7-8H,4,6H2,(H,13,14,15);1-2,5H,3-4H2;1-3H,(H2,5,6,7). The van der Waals surface area contributed by atoms with Crippen molar-refractivity contribution in [2.75, 3.05) is 33.6 Å². The van der Waals surface area contributed by atoms with Crippen LogP contribution in [0.15, 0.2) is 130 Å². The van der Waals surface area contributed by atoms with Crippen LogP contribution in [0.4, 0.5) is 28.8 Å². The largest absolute Gasteiger partial charge is 0.384 e. The molecule has 19 heteroatoms. The number of hydrogen-bond acceptors (Lipinski definition) is 15. The highest BCUT2D eigenvalue weighted by atomic mass is 79.9. The molecule has 0 saturated heterocycles. The fourth-order valence-corrected chi connectivity index (χ4v) is 10.8. The SMILES string of the molecule is Nc1ccncn1.O=S1(=O)CCc2cc(Br)ccc21.O=S1(=O)CCc2cc(Nc3ccncn3)ccc21.O=S1(=O)CCc2cc(Nc3ccncn3)ccc21. The van der Waals surface area contributed by atoms with Gasteiger partial charge in [-0.15, -0.1) is 0 Å². The van der Waals surface area contributed by atoms with Gasteiger partial charge in [-0.2, -0.15) is 0 Å². The van der Waals surface area contributed by atoms with Crippen LogP contribution < -0.4 is 16.4 Å². The van der Waals surface area contributed by atoms with E-state index >= 15 is 0 Å². The van der Waals surface area contributed by atoms with Gasteiger partial charge in [-0.3, -0.25) is 0 Å². The highest BCUT2D eigenvalue weighted by molar-refractivity contribution is 9.10. The minimum Gasteiger partial charge on any atom is -0.384 e. The van der Waals surface area contributed by atoms with Gasteiger partial charge in [0.25, 0.3) is 0 Å². The normalized spacial score (nSPS) is 15.9. The Kier molecular flexibility index (Phi) is 12.1. The molecule has 6 aromatic rings. The number of aryl methyl sites for hydroxylation is 3. The van der Waals surface area contributed by atoms with E-state index < -0.39 is 29.5 Å². The molecule has 3 aliphatic rings. The van der Waals surface area contributed by atoms with Crippen LogP contribution in [-0.4, -0.2) is 72.4 Å². The molecule has 0 unspecified atom stereocenters. The number of aromatic nitrogens is 6. The van der Waals surface area contributed by atoms with Crippen LogP contribution in [0.5, 0.6) is 0 Å². The molecule has 0 atom stereocenters. The monoisotopic (exact) mass is 863 g/mol. The van der Waals surface area contributed by atoms with Gasteiger partial charge in [0.05, 0.1) is 31.9 Å². The van der Waals surface area contributed by atoms with E-state index in [0.29, 0.717) is 51.4 Å². The van der Waals surface area contributed by atoms with E-state index in [-0.39, 0.29) is 17.3 Å². The zero-order chi connectivity index (χ0) is 39.1. The van der Waals surface area contributed by atoms with Gasteiger partial charge in [0.2, 0.25) is 0 Å². The van der Waals surface area contributed by atoms with Crippen molar-refractivity contribution in [1.82, 2.24) is 29.9 Å². The number of anilines is 5. The molecule has 0 radical (unpaired) electrons. The van der Waals surface area contributed by atoms with Crippen molar-refractivity contribution >= 4 is 74.3 Å². The molecule has 0 fully saturated rings. The number of nitrogens with two attached hydrogens (primary N) is 1. The minimum atomic E-state index is -3.05. The molecule has 0 spiro atoms. The molecule has 55 heavy (non-hydrogen) atoms. The molecule has 0 saturated carbocycles. The molecule has 3 aliphatic heterocycles. The van der Waals surface area contributed by atoms with Crippen molar-refractivity contribution in [1.29, 1.82) is 0 Å². The fourth-order valence-electron chi connectivity index (χ4n) is 5.75. The average molecular weight is 865 g/mol. The number of nitrogen functional groups attached to an aromatic ring is 1. The maximum Gasteiger partial charge on any atom is 0.178 e. The van der Waals surface area contributed by atoms with Crippen molar-refractivity contribution < 1.29 is 25.3 Å². The number of rotatable bonds is 4. The number of sulfone groups is 3. The van der Waals surface area contributed by atoms with Gasteiger partial charge < -0.3 is 16.4 Å². The lowest BCUT2D eigenvalue weighted by atomic mass is 10.1. The molecule has 3 aromatic carbocycles. The first-order chi connectivity index (χ1) is 26.3. The quantitative estimate of drug-likeness (QED) is 0.213. The summed E-state index contributed by atoms with van der Waals surface area (Å²) in [7, 11) is -9.04. The molecule has 0 bridgehead atoms. The van der Waals surface area contributed by atoms with Crippen LogP contribution in [0.2, 0.25) is 0 Å². The molecular weight excluding hydrogens is 831 g/mol. The first-order valence-corrected chi connectivity index (χ1v) is 22.3. The Hall–Kier alpha value is -5.37. The molecule has 15 nitrogen and oxygen atoms in total. The Labute approximate surface area is 326 Å². The summed E-state index contributed by atoms with van der Waals surface area (Å²) in [6.07, 6.45) is 11.0. The van der Waals surface area contributed by atoms with Crippen molar-refractivity contribution in [3.63, 3.8) is 0 Å². The van der Waals surface area contributed by atoms with E-state index in [2.05, 4.69) is 56.5 Å². The molecule has 9 rings (SSSR count). The number of hydrogen-bond donors (Lipinski definition) is 3. The van der Waals surface area contributed by atoms with Crippen molar-refractivity contribution in [2.24, 2.45) is 0 Å². The topological polar surface area (TPSA) is 230 Å². The van der Waals surface area contributed by atoms with E-state index in [4.69, 9.17) is 5.73 Å². The average Bonchev–Trinajstić information content (AvgIpc) is 3.77. The van der Waals surface area contributed by atoms with Crippen molar-refractivity contribution in [3.05, 3.63) is 132 Å². The van der Waals surface area contributed by atoms with Crippen LogP contribution in [0, 0.1) is 0 Å². The van der Waals surface area contributed by atoms with Gasteiger partial charge in [-0.05, 0) is 109 Å². The van der Waals surface area contributed by atoms with Gasteiger partial charge in [-0.1, -0.05) is 15.9 Å². The first kappa shape index (κ1) is 39.3. The van der Waals surface area contributed by atoms with Crippen LogP contribution in [-0.2, 0) is 48.8 Å². The van der Waals surface area contributed by atoms with E-state index in [0.717, 1.165) is 32.5 Å². The maximum absolute atomic E-state index is 11.7. The predicted molar refractivity (Wildman–Crippen MR) is 211 cm³/mol. The summed E-state index contributed by atoms with van der Waals surface area (Å²) < 4.78 is 70.4. The summed E-state index contributed by atoms with van der Waals surface area (Å²) in [6, 6.07) is 21.0. The number of nitrogens with one attached hydrogen (secondary N) is 2.